The fourth-order valence-corrected chi connectivity index (χ4v) is 1.68. The van der Waals surface area contributed by atoms with Crippen LogP contribution in [0.25, 0.3) is 0 Å². The number of hydrogen-bond acceptors (Lipinski definition) is 6. The maximum atomic E-state index is 9.57. The molecule has 1 aromatic heterocycles. The van der Waals surface area contributed by atoms with E-state index < -0.39 is 6.10 Å². The fourth-order valence-electron chi connectivity index (χ4n) is 1.68. The first-order valence-corrected chi connectivity index (χ1v) is 6.32. The third kappa shape index (κ3) is 4.72. The van der Waals surface area contributed by atoms with E-state index in [4.69, 9.17) is 14.0 Å². The Labute approximate surface area is 107 Å². The predicted octanol–water partition coefficient (Wildman–Crippen LogP) is 1.50. The molecule has 0 bridgehead atoms. The number of ether oxygens (including phenoxy) is 2. The molecule has 1 heterocycles. The van der Waals surface area contributed by atoms with Gasteiger partial charge in [0.25, 0.3) is 0 Å². The second kappa shape index (κ2) is 8.18. The molecule has 1 rings (SSSR count). The molecule has 0 aliphatic heterocycles. The number of hydrogen-bond donors (Lipinski definition) is 1. The summed E-state index contributed by atoms with van der Waals surface area (Å²) in [7, 11) is 1.54. The van der Waals surface area contributed by atoms with Gasteiger partial charge in [-0.2, -0.15) is 4.98 Å². The second-order valence-corrected chi connectivity index (χ2v) is 4.09. The smallest absolute Gasteiger partial charge is 0.229 e. The van der Waals surface area contributed by atoms with Crippen LogP contribution in [0.5, 0.6) is 0 Å². The zero-order valence-electron chi connectivity index (χ0n) is 11.3. The van der Waals surface area contributed by atoms with Crippen LogP contribution in [0.3, 0.4) is 0 Å². The van der Waals surface area contributed by atoms with Crippen molar-refractivity contribution in [2.45, 2.75) is 45.3 Å². The number of rotatable bonds is 9. The Kier molecular flexibility index (Phi) is 6.85. The molecule has 0 aliphatic carbocycles. The van der Waals surface area contributed by atoms with E-state index in [1.165, 1.54) is 7.11 Å². The lowest BCUT2D eigenvalue weighted by Crippen LogP contribution is -2.17. The number of aromatic nitrogens is 2. The largest absolute Gasteiger partial charge is 0.390 e. The third-order valence-corrected chi connectivity index (χ3v) is 2.46. The Hall–Kier alpha value is -0.980. The predicted molar refractivity (Wildman–Crippen MR) is 65.2 cm³/mol. The minimum Gasteiger partial charge on any atom is -0.390 e. The molecule has 0 aromatic carbocycles. The van der Waals surface area contributed by atoms with Gasteiger partial charge >= 0.3 is 0 Å². The molecule has 0 radical (unpaired) electrons. The molecule has 1 aromatic rings. The summed E-state index contributed by atoms with van der Waals surface area (Å²) in [5.41, 5.74) is 0. The van der Waals surface area contributed by atoms with E-state index in [1.807, 2.05) is 6.92 Å². The van der Waals surface area contributed by atoms with E-state index in [9.17, 15) is 5.11 Å². The van der Waals surface area contributed by atoms with E-state index >= 15 is 0 Å². The molecule has 0 amide bonds. The first-order valence-electron chi connectivity index (χ1n) is 6.32. The Morgan fingerprint density at radius 1 is 1.39 bits per heavy atom. The van der Waals surface area contributed by atoms with Crippen molar-refractivity contribution in [3.63, 3.8) is 0 Å². The van der Waals surface area contributed by atoms with Gasteiger partial charge in [0.05, 0.1) is 19.1 Å². The van der Waals surface area contributed by atoms with Crippen molar-refractivity contribution in [3.05, 3.63) is 11.7 Å². The minimum atomic E-state index is -0.625. The second-order valence-electron chi connectivity index (χ2n) is 4.09. The molecule has 1 N–H and O–H groups in total. The molecule has 0 fully saturated rings. The van der Waals surface area contributed by atoms with Gasteiger partial charge in [0.2, 0.25) is 11.7 Å². The highest BCUT2D eigenvalue weighted by atomic mass is 16.5. The van der Waals surface area contributed by atoms with Gasteiger partial charge in [0.15, 0.2) is 0 Å². The van der Waals surface area contributed by atoms with Crippen molar-refractivity contribution in [3.8, 4) is 0 Å². The fraction of sp³-hybridized carbons (Fsp3) is 0.833. The molecular formula is C12H22N2O4. The zero-order chi connectivity index (χ0) is 13.4. The Balaban J connectivity index is 2.59. The monoisotopic (exact) mass is 258 g/mol. The highest BCUT2D eigenvalue weighted by Crippen LogP contribution is 2.20. The number of nitrogens with zero attached hydrogens (tertiary/aromatic N) is 2. The lowest BCUT2D eigenvalue weighted by molar-refractivity contribution is 0.0477. The zero-order valence-corrected chi connectivity index (χ0v) is 11.3. The summed E-state index contributed by atoms with van der Waals surface area (Å²) >= 11 is 0. The maximum Gasteiger partial charge on any atom is 0.229 e. The van der Waals surface area contributed by atoms with Crippen molar-refractivity contribution in [2.75, 3.05) is 20.3 Å². The van der Waals surface area contributed by atoms with Crippen LogP contribution in [0.15, 0.2) is 4.52 Å². The van der Waals surface area contributed by atoms with Crippen LogP contribution in [-0.4, -0.2) is 41.7 Å². The molecule has 0 saturated heterocycles. The SMILES string of the molecule is CCCC(OCC)c1noc(CC(O)COC)n1. The number of methoxy groups -OCH3 is 1. The van der Waals surface area contributed by atoms with Crippen LogP contribution in [0.2, 0.25) is 0 Å². The molecule has 2 atom stereocenters. The average molecular weight is 258 g/mol. The maximum absolute atomic E-state index is 9.57. The molecule has 0 spiro atoms. The summed E-state index contributed by atoms with van der Waals surface area (Å²) in [6, 6.07) is 0. The summed E-state index contributed by atoms with van der Waals surface area (Å²) in [6.45, 7) is 4.88. The summed E-state index contributed by atoms with van der Waals surface area (Å²) in [4.78, 5) is 4.25. The molecule has 6 heteroatoms. The molecule has 2 unspecified atom stereocenters. The molecule has 0 saturated carbocycles. The van der Waals surface area contributed by atoms with Crippen LogP contribution in [0.1, 0.15) is 44.5 Å². The third-order valence-electron chi connectivity index (χ3n) is 2.46. The molecule has 18 heavy (non-hydrogen) atoms. The van der Waals surface area contributed by atoms with Crippen LogP contribution in [0.4, 0.5) is 0 Å². The van der Waals surface area contributed by atoms with Crippen molar-refractivity contribution in [1.29, 1.82) is 0 Å². The van der Waals surface area contributed by atoms with E-state index in [1.54, 1.807) is 0 Å². The van der Waals surface area contributed by atoms with E-state index in [-0.39, 0.29) is 12.7 Å². The summed E-state index contributed by atoms with van der Waals surface area (Å²) in [5.74, 6) is 0.966. The highest BCUT2D eigenvalue weighted by Gasteiger charge is 2.19. The van der Waals surface area contributed by atoms with Crippen LogP contribution < -0.4 is 0 Å². The lowest BCUT2D eigenvalue weighted by Gasteiger charge is -2.11. The topological polar surface area (TPSA) is 77.6 Å². The van der Waals surface area contributed by atoms with Crippen LogP contribution in [0, 0.1) is 0 Å². The normalized spacial score (nSPS) is 14.7. The van der Waals surface area contributed by atoms with Gasteiger partial charge in [0, 0.05) is 13.7 Å². The molecular weight excluding hydrogens is 236 g/mol. The van der Waals surface area contributed by atoms with Gasteiger partial charge in [-0.3, -0.25) is 0 Å². The minimum absolute atomic E-state index is 0.128. The summed E-state index contributed by atoms with van der Waals surface area (Å²) in [6.07, 6.45) is 1.39. The Bertz CT molecular complexity index is 324. The Morgan fingerprint density at radius 3 is 2.78 bits per heavy atom. The van der Waals surface area contributed by atoms with E-state index in [0.717, 1.165) is 12.8 Å². The van der Waals surface area contributed by atoms with Crippen molar-refractivity contribution in [2.24, 2.45) is 0 Å². The standard InChI is InChI=1S/C12H22N2O4/c1-4-6-10(17-5-2)12-13-11(18-14-12)7-9(15)8-16-3/h9-10,15H,4-8H2,1-3H3. The number of aliphatic hydroxyl groups is 1. The van der Waals surface area contributed by atoms with Crippen molar-refractivity contribution >= 4 is 0 Å². The van der Waals surface area contributed by atoms with Crippen LogP contribution in [-0.2, 0) is 15.9 Å². The van der Waals surface area contributed by atoms with Gasteiger partial charge in [-0.1, -0.05) is 18.5 Å². The van der Waals surface area contributed by atoms with E-state index in [0.29, 0.717) is 24.7 Å². The van der Waals surface area contributed by atoms with E-state index in [2.05, 4.69) is 17.1 Å². The molecule has 104 valence electrons. The molecule has 6 nitrogen and oxygen atoms in total. The Morgan fingerprint density at radius 2 is 2.17 bits per heavy atom. The highest BCUT2D eigenvalue weighted by molar-refractivity contribution is 4.92. The molecule has 0 aliphatic rings. The van der Waals surface area contributed by atoms with Gasteiger partial charge in [-0.25, -0.2) is 0 Å². The van der Waals surface area contributed by atoms with Gasteiger partial charge in [-0.05, 0) is 13.3 Å². The van der Waals surface area contributed by atoms with Gasteiger partial charge < -0.3 is 19.1 Å². The van der Waals surface area contributed by atoms with Crippen molar-refractivity contribution in [1.82, 2.24) is 10.1 Å². The van der Waals surface area contributed by atoms with Gasteiger partial charge in [0.1, 0.15) is 6.10 Å². The van der Waals surface area contributed by atoms with Crippen LogP contribution >= 0.6 is 0 Å². The van der Waals surface area contributed by atoms with Gasteiger partial charge in [-0.15, -0.1) is 0 Å². The first kappa shape index (κ1) is 15.1. The van der Waals surface area contributed by atoms with Crippen molar-refractivity contribution < 1.29 is 19.1 Å². The lowest BCUT2D eigenvalue weighted by atomic mass is 10.2. The average Bonchev–Trinajstić information content (AvgIpc) is 2.77. The quantitative estimate of drug-likeness (QED) is 0.723. The summed E-state index contributed by atoms with van der Waals surface area (Å²) < 4.78 is 15.5. The first-order chi connectivity index (χ1) is 8.71. The summed E-state index contributed by atoms with van der Waals surface area (Å²) in [5, 5.41) is 13.5. The number of aliphatic hydroxyl groups excluding tert-OH is 1.